The Morgan fingerprint density at radius 2 is 1.74 bits per heavy atom. The lowest BCUT2D eigenvalue weighted by atomic mass is 10.0. The van der Waals surface area contributed by atoms with Gasteiger partial charge < -0.3 is 9.64 Å². The maximum Gasteiger partial charge on any atom is 0.159 e. The molecule has 0 spiro atoms. The van der Waals surface area contributed by atoms with Gasteiger partial charge in [-0.15, -0.1) is 10.2 Å². The molecule has 0 aliphatic carbocycles. The molecule has 5 rings (SSSR count). The summed E-state index contributed by atoms with van der Waals surface area (Å²) in [6, 6.07) is 17.3. The molecule has 2 aromatic carbocycles. The topological polar surface area (TPSA) is 59.3 Å². The molecule has 4 aromatic rings. The first-order valence-corrected chi connectivity index (χ1v) is 12.0. The van der Waals surface area contributed by atoms with E-state index in [-0.39, 0.29) is 0 Å². The number of piperidine rings is 1. The third-order valence-electron chi connectivity index (χ3n) is 6.73. The van der Waals surface area contributed by atoms with Crippen LogP contribution in [0.2, 0.25) is 0 Å². The number of nitrogens with zero attached hydrogens (tertiary/aromatic N) is 6. The van der Waals surface area contributed by atoms with E-state index in [4.69, 9.17) is 9.84 Å². The number of para-hydroxylation sites is 1. The number of benzene rings is 2. The van der Waals surface area contributed by atoms with Gasteiger partial charge in [-0.1, -0.05) is 42.5 Å². The van der Waals surface area contributed by atoms with Gasteiger partial charge in [0.2, 0.25) is 0 Å². The van der Waals surface area contributed by atoms with Crippen LogP contribution in [0.15, 0.2) is 60.9 Å². The van der Waals surface area contributed by atoms with Gasteiger partial charge in [0.05, 0.1) is 12.8 Å². The van der Waals surface area contributed by atoms with Gasteiger partial charge in [-0.05, 0) is 32.9 Å². The number of hydrogen-bond donors (Lipinski definition) is 0. The number of fused-ring (bicyclic) bond motifs is 1. The number of aryl methyl sites for hydroxylation is 1. The summed E-state index contributed by atoms with van der Waals surface area (Å²) in [5.41, 5.74) is 3.12. The SMILES string of the molecule is CCOc1ccccc1CN(C)C1CCN(c2nnc(-c3cnn(C)c3)c3ccccc23)CC1. The first kappa shape index (κ1) is 22.3. The lowest BCUT2D eigenvalue weighted by Gasteiger charge is -2.37. The fourth-order valence-electron chi connectivity index (χ4n) is 4.93. The first-order chi connectivity index (χ1) is 16.6. The quantitative estimate of drug-likeness (QED) is 0.407. The molecule has 1 fully saturated rings. The zero-order chi connectivity index (χ0) is 23.5. The molecule has 0 bridgehead atoms. The third-order valence-corrected chi connectivity index (χ3v) is 6.73. The van der Waals surface area contributed by atoms with Crippen LogP contribution in [-0.2, 0) is 13.6 Å². The van der Waals surface area contributed by atoms with Crippen LogP contribution < -0.4 is 9.64 Å². The smallest absolute Gasteiger partial charge is 0.159 e. The summed E-state index contributed by atoms with van der Waals surface area (Å²) >= 11 is 0. The van der Waals surface area contributed by atoms with Crippen molar-refractivity contribution in [3.63, 3.8) is 0 Å². The molecule has 0 N–H and O–H groups in total. The Morgan fingerprint density at radius 3 is 2.47 bits per heavy atom. The van der Waals surface area contributed by atoms with E-state index in [2.05, 4.69) is 69.5 Å². The highest BCUT2D eigenvalue weighted by molar-refractivity contribution is 6.00. The largest absolute Gasteiger partial charge is 0.494 e. The number of aromatic nitrogens is 4. The van der Waals surface area contributed by atoms with Crippen LogP contribution in [0, 0.1) is 0 Å². The van der Waals surface area contributed by atoms with Crippen molar-refractivity contribution in [2.24, 2.45) is 7.05 Å². The summed E-state index contributed by atoms with van der Waals surface area (Å²) in [6.45, 7) is 5.54. The van der Waals surface area contributed by atoms with Crippen molar-refractivity contribution in [3.05, 3.63) is 66.5 Å². The monoisotopic (exact) mass is 456 g/mol. The Labute approximate surface area is 201 Å². The Balaban J connectivity index is 1.31. The van der Waals surface area contributed by atoms with E-state index in [9.17, 15) is 0 Å². The number of hydrogen-bond acceptors (Lipinski definition) is 6. The fraction of sp³-hybridized carbons (Fsp3) is 0.370. The molecule has 7 nitrogen and oxygen atoms in total. The van der Waals surface area contributed by atoms with Crippen LogP contribution in [0.3, 0.4) is 0 Å². The molecule has 3 heterocycles. The molecule has 0 amide bonds. The molecular formula is C27H32N6O. The van der Waals surface area contributed by atoms with Gasteiger partial charge in [-0.2, -0.15) is 5.10 Å². The first-order valence-electron chi connectivity index (χ1n) is 12.0. The minimum absolute atomic E-state index is 0.528. The van der Waals surface area contributed by atoms with Gasteiger partial charge >= 0.3 is 0 Å². The normalized spacial score (nSPS) is 14.8. The highest BCUT2D eigenvalue weighted by Gasteiger charge is 2.25. The van der Waals surface area contributed by atoms with Crippen LogP contribution >= 0.6 is 0 Å². The summed E-state index contributed by atoms with van der Waals surface area (Å²) in [7, 11) is 4.14. The average Bonchev–Trinajstić information content (AvgIpc) is 3.31. The molecule has 34 heavy (non-hydrogen) atoms. The molecule has 176 valence electrons. The van der Waals surface area contributed by atoms with E-state index in [1.165, 1.54) is 5.56 Å². The van der Waals surface area contributed by atoms with E-state index < -0.39 is 0 Å². The molecule has 0 saturated carbocycles. The van der Waals surface area contributed by atoms with E-state index >= 15 is 0 Å². The lowest BCUT2D eigenvalue weighted by molar-refractivity contribution is 0.197. The second-order valence-electron chi connectivity index (χ2n) is 8.99. The van der Waals surface area contributed by atoms with Crippen molar-refractivity contribution in [3.8, 4) is 17.0 Å². The molecule has 0 atom stereocenters. The summed E-state index contributed by atoms with van der Waals surface area (Å²) in [4.78, 5) is 4.85. The summed E-state index contributed by atoms with van der Waals surface area (Å²) in [6.07, 6.45) is 6.02. The third kappa shape index (κ3) is 4.48. The van der Waals surface area contributed by atoms with Gasteiger partial charge in [0, 0.05) is 60.8 Å². The summed E-state index contributed by atoms with van der Waals surface area (Å²) in [5, 5.41) is 15.9. The Kier molecular flexibility index (Phi) is 6.45. The van der Waals surface area contributed by atoms with Crippen LogP contribution in [-0.4, -0.2) is 57.7 Å². The maximum atomic E-state index is 5.83. The minimum Gasteiger partial charge on any atom is -0.494 e. The second-order valence-corrected chi connectivity index (χ2v) is 8.99. The standard InChI is InChI=1S/C27H32N6O/c1-4-34-25-12-8-5-9-20(25)18-31(2)22-13-15-33(16-14-22)27-24-11-7-6-10-23(24)26(29-30-27)21-17-28-32(3)19-21/h5-12,17,19,22H,4,13-16,18H2,1-3H3. The summed E-state index contributed by atoms with van der Waals surface area (Å²) in [5.74, 6) is 1.97. The van der Waals surface area contributed by atoms with E-state index in [1.54, 1.807) is 4.68 Å². The maximum absolute atomic E-state index is 5.83. The molecule has 7 heteroatoms. The lowest BCUT2D eigenvalue weighted by Crippen LogP contribution is -2.43. The van der Waals surface area contributed by atoms with E-state index in [1.807, 2.05) is 32.4 Å². The zero-order valence-corrected chi connectivity index (χ0v) is 20.2. The van der Waals surface area contributed by atoms with Crippen molar-refractivity contribution in [2.45, 2.75) is 32.4 Å². The van der Waals surface area contributed by atoms with Crippen molar-refractivity contribution in [2.75, 3.05) is 31.6 Å². The van der Waals surface area contributed by atoms with Crippen molar-refractivity contribution in [1.82, 2.24) is 24.9 Å². The Hall–Kier alpha value is -3.45. The summed E-state index contributed by atoms with van der Waals surface area (Å²) < 4.78 is 7.63. The van der Waals surface area contributed by atoms with Crippen LogP contribution in [0.4, 0.5) is 5.82 Å². The van der Waals surface area contributed by atoms with Crippen LogP contribution in [0.5, 0.6) is 5.75 Å². The highest BCUT2D eigenvalue weighted by atomic mass is 16.5. The van der Waals surface area contributed by atoms with Gasteiger partial charge in [0.15, 0.2) is 5.82 Å². The van der Waals surface area contributed by atoms with Gasteiger partial charge in [0.25, 0.3) is 0 Å². The van der Waals surface area contributed by atoms with Crippen molar-refractivity contribution in [1.29, 1.82) is 0 Å². The molecular weight excluding hydrogens is 424 g/mol. The molecule has 0 radical (unpaired) electrons. The van der Waals surface area contributed by atoms with Crippen LogP contribution in [0.1, 0.15) is 25.3 Å². The van der Waals surface area contributed by atoms with E-state index in [0.29, 0.717) is 12.6 Å². The van der Waals surface area contributed by atoms with Crippen LogP contribution in [0.25, 0.3) is 22.0 Å². The molecule has 1 aliphatic rings. The van der Waals surface area contributed by atoms with E-state index in [0.717, 1.165) is 66.1 Å². The Bertz CT molecular complexity index is 1260. The molecule has 1 saturated heterocycles. The number of ether oxygens (including phenoxy) is 1. The van der Waals surface area contributed by atoms with Gasteiger partial charge in [-0.3, -0.25) is 9.58 Å². The molecule has 0 unspecified atom stereocenters. The predicted octanol–water partition coefficient (Wildman–Crippen LogP) is 4.53. The van der Waals surface area contributed by atoms with Gasteiger partial charge in [-0.25, -0.2) is 0 Å². The average molecular weight is 457 g/mol. The second kappa shape index (κ2) is 9.81. The zero-order valence-electron chi connectivity index (χ0n) is 20.2. The fourth-order valence-corrected chi connectivity index (χ4v) is 4.93. The highest BCUT2D eigenvalue weighted by Crippen LogP contribution is 2.33. The van der Waals surface area contributed by atoms with Gasteiger partial charge in [0.1, 0.15) is 11.4 Å². The number of anilines is 1. The molecule has 1 aliphatic heterocycles. The van der Waals surface area contributed by atoms with Crippen molar-refractivity contribution < 1.29 is 4.74 Å². The van der Waals surface area contributed by atoms with Crippen molar-refractivity contribution >= 4 is 16.6 Å². The number of rotatable bonds is 7. The molecule has 2 aromatic heterocycles. The predicted molar refractivity (Wildman–Crippen MR) is 136 cm³/mol. The minimum atomic E-state index is 0.528. The Morgan fingerprint density at radius 1 is 1.00 bits per heavy atom.